The highest BCUT2D eigenvalue weighted by atomic mass is 35.5. The summed E-state index contributed by atoms with van der Waals surface area (Å²) in [6.45, 7) is 1.85. The molecule has 0 bridgehead atoms. The van der Waals surface area contributed by atoms with Crippen molar-refractivity contribution in [3.8, 4) is 0 Å². The molecule has 1 atom stereocenters. The van der Waals surface area contributed by atoms with Crippen LogP contribution in [0.15, 0.2) is 18.2 Å². The van der Waals surface area contributed by atoms with E-state index in [1.807, 2.05) is 6.92 Å². The highest BCUT2D eigenvalue weighted by molar-refractivity contribution is 6.33. The predicted octanol–water partition coefficient (Wildman–Crippen LogP) is 1.39. The fraction of sp³-hybridized carbons (Fsp3) is 0.273. The summed E-state index contributed by atoms with van der Waals surface area (Å²) in [7, 11) is 0. The molecule has 0 saturated heterocycles. The molecule has 4 N–H and O–H groups in total. The van der Waals surface area contributed by atoms with Crippen molar-refractivity contribution in [2.24, 2.45) is 5.73 Å². The molecule has 0 aliphatic heterocycles. The zero-order chi connectivity index (χ0) is 13.0. The SMILES string of the molecule is Cc1ccc(Cl)c(NC(=O)C(N)CC(=O)O)c1. The molecule has 0 spiro atoms. The van der Waals surface area contributed by atoms with E-state index in [1.54, 1.807) is 18.2 Å². The van der Waals surface area contributed by atoms with Gasteiger partial charge in [-0.1, -0.05) is 17.7 Å². The van der Waals surface area contributed by atoms with Crippen LogP contribution >= 0.6 is 11.6 Å². The third-order valence-electron chi connectivity index (χ3n) is 2.11. The van der Waals surface area contributed by atoms with Crippen molar-refractivity contribution in [2.45, 2.75) is 19.4 Å². The summed E-state index contributed by atoms with van der Waals surface area (Å²) in [5.41, 5.74) is 6.77. The number of aliphatic carboxylic acids is 1. The Balaban J connectivity index is 2.73. The fourth-order valence-corrected chi connectivity index (χ4v) is 1.41. The number of hydrogen-bond donors (Lipinski definition) is 3. The minimum atomic E-state index is -1.12. The van der Waals surface area contributed by atoms with Crippen molar-refractivity contribution in [2.75, 3.05) is 5.32 Å². The van der Waals surface area contributed by atoms with Crippen molar-refractivity contribution in [3.05, 3.63) is 28.8 Å². The molecule has 1 unspecified atom stereocenters. The number of halogens is 1. The lowest BCUT2D eigenvalue weighted by molar-refractivity contribution is -0.138. The van der Waals surface area contributed by atoms with E-state index in [1.165, 1.54) is 0 Å². The van der Waals surface area contributed by atoms with E-state index < -0.39 is 24.3 Å². The maximum atomic E-state index is 11.6. The molecule has 0 aliphatic rings. The first-order valence-electron chi connectivity index (χ1n) is 4.94. The Hall–Kier alpha value is -1.59. The number of nitrogens with two attached hydrogens (primary N) is 1. The highest BCUT2D eigenvalue weighted by Gasteiger charge is 2.17. The maximum absolute atomic E-state index is 11.6. The number of carboxylic acids is 1. The van der Waals surface area contributed by atoms with Crippen molar-refractivity contribution in [3.63, 3.8) is 0 Å². The quantitative estimate of drug-likeness (QED) is 0.759. The smallest absolute Gasteiger partial charge is 0.305 e. The van der Waals surface area contributed by atoms with E-state index >= 15 is 0 Å². The van der Waals surface area contributed by atoms with Crippen molar-refractivity contribution in [1.82, 2.24) is 0 Å². The van der Waals surface area contributed by atoms with E-state index in [2.05, 4.69) is 5.32 Å². The van der Waals surface area contributed by atoms with Crippen LogP contribution in [0.3, 0.4) is 0 Å². The molecular weight excluding hydrogens is 244 g/mol. The summed E-state index contributed by atoms with van der Waals surface area (Å²) in [5.74, 6) is -1.69. The number of carboxylic acid groups (broad SMARTS) is 1. The van der Waals surface area contributed by atoms with Gasteiger partial charge in [-0.2, -0.15) is 0 Å². The van der Waals surface area contributed by atoms with Crippen LogP contribution in [-0.4, -0.2) is 23.0 Å². The van der Waals surface area contributed by atoms with Crippen LogP contribution < -0.4 is 11.1 Å². The van der Waals surface area contributed by atoms with Gasteiger partial charge in [0.25, 0.3) is 0 Å². The molecule has 6 heteroatoms. The number of benzene rings is 1. The maximum Gasteiger partial charge on any atom is 0.305 e. The first kappa shape index (κ1) is 13.5. The van der Waals surface area contributed by atoms with E-state index in [0.717, 1.165) is 5.56 Å². The molecule has 1 aromatic rings. The number of hydrogen-bond acceptors (Lipinski definition) is 3. The van der Waals surface area contributed by atoms with Crippen LogP contribution in [0.4, 0.5) is 5.69 Å². The van der Waals surface area contributed by atoms with Crippen LogP contribution in [0.1, 0.15) is 12.0 Å². The normalized spacial score (nSPS) is 11.9. The first-order valence-corrected chi connectivity index (χ1v) is 5.32. The third kappa shape index (κ3) is 4.05. The molecule has 0 aromatic heterocycles. The molecule has 1 aromatic carbocycles. The predicted molar refractivity (Wildman–Crippen MR) is 65.0 cm³/mol. The second-order valence-electron chi connectivity index (χ2n) is 3.68. The molecule has 5 nitrogen and oxygen atoms in total. The second-order valence-corrected chi connectivity index (χ2v) is 4.08. The highest BCUT2D eigenvalue weighted by Crippen LogP contribution is 2.22. The Bertz CT molecular complexity index is 448. The topological polar surface area (TPSA) is 92.4 Å². The number of carbonyl (C=O) groups excluding carboxylic acids is 1. The van der Waals surface area contributed by atoms with Gasteiger partial charge in [0.1, 0.15) is 0 Å². The van der Waals surface area contributed by atoms with Crippen LogP contribution in [0.2, 0.25) is 5.02 Å². The Labute approximate surface area is 104 Å². The first-order chi connectivity index (χ1) is 7.90. The number of nitrogens with one attached hydrogen (secondary N) is 1. The van der Waals surface area contributed by atoms with Gasteiger partial charge in [-0.05, 0) is 24.6 Å². The molecule has 0 radical (unpaired) electrons. The van der Waals surface area contributed by atoms with E-state index in [-0.39, 0.29) is 0 Å². The number of anilines is 1. The van der Waals surface area contributed by atoms with E-state index in [0.29, 0.717) is 10.7 Å². The largest absolute Gasteiger partial charge is 0.481 e. The van der Waals surface area contributed by atoms with Gasteiger partial charge in [0.2, 0.25) is 5.91 Å². The fourth-order valence-electron chi connectivity index (χ4n) is 1.24. The zero-order valence-electron chi connectivity index (χ0n) is 9.24. The van der Waals surface area contributed by atoms with Gasteiger partial charge < -0.3 is 16.2 Å². The van der Waals surface area contributed by atoms with Gasteiger partial charge in [0.05, 0.1) is 23.2 Å². The van der Waals surface area contributed by atoms with Crippen molar-refractivity contribution in [1.29, 1.82) is 0 Å². The van der Waals surface area contributed by atoms with Gasteiger partial charge in [0.15, 0.2) is 0 Å². The number of carbonyl (C=O) groups is 2. The third-order valence-corrected chi connectivity index (χ3v) is 2.44. The monoisotopic (exact) mass is 256 g/mol. The Kier molecular flexibility index (Phi) is 4.48. The molecule has 92 valence electrons. The lowest BCUT2D eigenvalue weighted by Crippen LogP contribution is -2.37. The summed E-state index contributed by atoms with van der Waals surface area (Å²) in [6, 6.07) is 4.04. The van der Waals surface area contributed by atoms with Crippen molar-refractivity contribution < 1.29 is 14.7 Å². The van der Waals surface area contributed by atoms with Crippen molar-refractivity contribution >= 4 is 29.2 Å². The summed E-state index contributed by atoms with van der Waals surface area (Å²) < 4.78 is 0. The van der Waals surface area contributed by atoms with Gasteiger partial charge in [-0.25, -0.2) is 0 Å². The molecule has 17 heavy (non-hydrogen) atoms. The molecule has 0 aliphatic carbocycles. The molecule has 1 rings (SSSR count). The average Bonchev–Trinajstić information content (AvgIpc) is 2.22. The Morgan fingerprint density at radius 1 is 1.53 bits per heavy atom. The molecule has 0 fully saturated rings. The molecule has 1 amide bonds. The zero-order valence-corrected chi connectivity index (χ0v) is 9.99. The summed E-state index contributed by atoms with van der Waals surface area (Å²) in [5, 5.41) is 11.4. The lowest BCUT2D eigenvalue weighted by Gasteiger charge is -2.11. The Morgan fingerprint density at radius 2 is 2.18 bits per heavy atom. The number of rotatable bonds is 4. The van der Waals surface area contributed by atoms with Gasteiger partial charge >= 0.3 is 5.97 Å². The summed E-state index contributed by atoms with van der Waals surface area (Å²) >= 11 is 5.88. The van der Waals surface area contributed by atoms with Crippen LogP contribution in [-0.2, 0) is 9.59 Å². The molecular formula is C11H13ClN2O3. The van der Waals surface area contributed by atoms with E-state index in [4.69, 9.17) is 22.4 Å². The van der Waals surface area contributed by atoms with Crippen LogP contribution in [0, 0.1) is 6.92 Å². The second kappa shape index (κ2) is 5.65. The number of aryl methyl sites for hydroxylation is 1. The van der Waals surface area contributed by atoms with Gasteiger partial charge in [-0.3, -0.25) is 9.59 Å². The molecule has 0 saturated carbocycles. The summed E-state index contributed by atoms with van der Waals surface area (Å²) in [4.78, 5) is 22.0. The standard InChI is InChI=1S/C11H13ClN2O3/c1-6-2-3-7(12)9(4-6)14-11(17)8(13)5-10(15)16/h2-4,8H,5,13H2,1H3,(H,14,17)(H,15,16). The molecule has 0 heterocycles. The average molecular weight is 257 g/mol. The minimum absolute atomic E-state index is 0.381. The lowest BCUT2D eigenvalue weighted by atomic mass is 10.2. The minimum Gasteiger partial charge on any atom is -0.481 e. The van der Waals surface area contributed by atoms with E-state index in [9.17, 15) is 9.59 Å². The van der Waals surface area contributed by atoms with Gasteiger partial charge in [-0.15, -0.1) is 0 Å². The van der Waals surface area contributed by atoms with Gasteiger partial charge in [0, 0.05) is 0 Å². The Morgan fingerprint density at radius 3 is 2.76 bits per heavy atom. The summed E-state index contributed by atoms with van der Waals surface area (Å²) in [6.07, 6.45) is -0.421. The van der Waals surface area contributed by atoms with Crippen LogP contribution in [0.5, 0.6) is 0 Å². The number of amides is 1. The van der Waals surface area contributed by atoms with Crippen LogP contribution in [0.25, 0.3) is 0 Å².